The Morgan fingerprint density at radius 1 is 1.26 bits per heavy atom. The zero-order chi connectivity index (χ0) is 18.8. The topological polar surface area (TPSA) is 67.2 Å². The van der Waals surface area contributed by atoms with Crippen molar-refractivity contribution in [3.05, 3.63) is 63.5 Å². The predicted molar refractivity (Wildman–Crippen MR) is 105 cm³/mol. The standard InChI is InChI=1S/C19H20N4O3S/c1-21(17(24)16-12-20-19-23(18(16)25)8-11-27-19)13-14-2-4-15(5-3-14)22-6-9-26-10-7-22/h2-5,8,11-12H,6-7,9-10,13H2,1H3. The lowest BCUT2D eigenvalue weighted by molar-refractivity contribution is 0.0782. The van der Waals surface area contributed by atoms with Crippen LogP contribution < -0.4 is 10.5 Å². The second kappa shape index (κ2) is 7.50. The van der Waals surface area contributed by atoms with Crippen LogP contribution in [-0.2, 0) is 11.3 Å². The lowest BCUT2D eigenvalue weighted by Crippen LogP contribution is -2.36. The molecule has 0 N–H and O–H groups in total. The Morgan fingerprint density at radius 3 is 2.74 bits per heavy atom. The van der Waals surface area contributed by atoms with E-state index in [1.165, 1.54) is 21.9 Å². The molecule has 0 atom stereocenters. The van der Waals surface area contributed by atoms with E-state index >= 15 is 0 Å². The van der Waals surface area contributed by atoms with Gasteiger partial charge < -0.3 is 14.5 Å². The van der Waals surface area contributed by atoms with Gasteiger partial charge in [-0.2, -0.15) is 0 Å². The average Bonchev–Trinajstić information content (AvgIpc) is 3.19. The van der Waals surface area contributed by atoms with Crippen LogP contribution in [0.15, 0.2) is 46.8 Å². The zero-order valence-electron chi connectivity index (χ0n) is 15.0. The SMILES string of the molecule is CN(Cc1ccc(N2CCOCC2)cc1)C(=O)c1cnc2sccn2c1=O. The molecule has 4 rings (SSSR count). The smallest absolute Gasteiger partial charge is 0.271 e. The van der Waals surface area contributed by atoms with Gasteiger partial charge in [0.1, 0.15) is 5.56 Å². The van der Waals surface area contributed by atoms with Gasteiger partial charge in [0.25, 0.3) is 11.5 Å². The summed E-state index contributed by atoms with van der Waals surface area (Å²) in [4.78, 5) is 33.8. The van der Waals surface area contributed by atoms with Gasteiger partial charge in [-0.25, -0.2) is 4.98 Å². The Bertz CT molecular complexity index is 1010. The first-order valence-corrected chi connectivity index (χ1v) is 9.63. The molecule has 0 aliphatic carbocycles. The second-order valence-electron chi connectivity index (χ2n) is 6.46. The maximum atomic E-state index is 12.7. The van der Waals surface area contributed by atoms with E-state index in [4.69, 9.17) is 4.74 Å². The molecule has 0 unspecified atom stereocenters. The highest BCUT2D eigenvalue weighted by Crippen LogP contribution is 2.17. The van der Waals surface area contributed by atoms with Crippen LogP contribution in [0.5, 0.6) is 0 Å². The largest absolute Gasteiger partial charge is 0.378 e. The Labute approximate surface area is 160 Å². The summed E-state index contributed by atoms with van der Waals surface area (Å²) in [6.45, 7) is 3.70. The van der Waals surface area contributed by atoms with E-state index in [2.05, 4.69) is 22.0 Å². The Morgan fingerprint density at radius 2 is 2.00 bits per heavy atom. The number of carbonyl (C=O) groups excluding carboxylic acids is 1. The number of thiazole rings is 1. The molecular formula is C19H20N4O3S. The minimum absolute atomic E-state index is 0.0818. The number of hydrogen-bond acceptors (Lipinski definition) is 6. The van der Waals surface area contributed by atoms with Crippen molar-refractivity contribution in [2.75, 3.05) is 38.3 Å². The molecule has 1 aliphatic rings. The average molecular weight is 384 g/mol. The molecule has 2 aromatic heterocycles. The van der Waals surface area contributed by atoms with Crippen molar-refractivity contribution in [2.24, 2.45) is 0 Å². The summed E-state index contributed by atoms with van der Waals surface area (Å²) in [7, 11) is 1.69. The van der Waals surface area contributed by atoms with Crippen molar-refractivity contribution in [3.8, 4) is 0 Å². The molecular weight excluding hydrogens is 364 g/mol. The molecule has 1 saturated heterocycles. The van der Waals surface area contributed by atoms with Crippen LogP contribution in [0.1, 0.15) is 15.9 Å². The van der Waals surface area contributed by atoms with Gasteiger partial charge in [0, 0.05) is 50.1 Å². The number of nitrogens with zero attached hydrogens (tertiary/aromatic N) is 4. The highest BCUT2D eigenvalue weighted by atomic mass is 32.1. The minimum Gasteiger partial charge on any atom is -0.378 e. The molecule has 3 aromatic rings. The van der Waals surface area contributed by atoms with Gasteiger partial charge in [0.2, 0.25) is 0 Å². The molecule has 1 aliphatic heterocycles. The van der Waals surface area contributed by atoms with Gasteiger partial charge in [0.15, 0.2) is 4.96 Å². The maximum Gasteiger partial charge on any atom is 0.271 e. The van der Waals surface area contributed by atoms with Crippen LogP contribution in [0.4, 0.5) is 5.69 Å². The van der Waals surface area contributed by atoms with E-state index in [0.29, 0.717) is 11.5 Å². The van der Waals surface area contributed by atoms with Crippen LogP contribution in [0.2, 0.25) is 0 Å². The summed E-state index contributed by atoms with van der Waals surface area (Å²) in [5.74, 6) is -0.328. The highest BCUT2D eigenvalue weighted by molar-refractivity contribution is 7.15. The fraction of sp³-hybridized carbons (Fsp3) is 0.316. The van der Waals surface area contributed by atoms with Crippen LogP contribution in [0, 0.1) is 0 Å². The molecule has 3 heterocycles. The van der Waals surface area contributed by atoms with Crippen LogP contribution in [0.3, 0.4) is 0 Å². The summed E-state index contributed by atoms with van der Waals surface area (Å²) in [5.41, 5.74) is 1.91. The van der Waals surface area contributed by atoms with E-state index in [1.54, 1.807) is 23.5 Å². The van der Waals surface area contributed by atoms with Crippen molar-refractivity contribution in [1.29, 1.82) is 0 Å². The summed E-state index contributed by atoms with van der Waals surface area (Å²) < 4.78 is 6.79. The third-order valence-electron chi connectivity index (χ3n) is 4.65. The van der Waals surface area contributed by atoms with Gasteiger partial charge in [0.05, 0.1) is 13.2 Å². The summed E-state index contributed by atoms with van der Waals surface area (Å²) in [5, 5.41) is 1.78. The fourth-order valence-electron chi connectivity index (χ4n) is 3.16. The Kier molecular flexibility index (Phi) is 4.91. The molecule has 7 nitrogen and oxygen atoms in total. The molecule has 8 heteroatoms. The van der Waals surface area contributed by atoms with Gasteiger partial charge >= 0.3 is 0 Å². The molecule has 140 valence electrons. The van der Waals surface area contributed by atoms with E-state index in [9.17, 15) is 9.59 Å². The third kappa shape index (κ3) is 3.58. The van der Waals surface area contributed by atoms with E-state index < -0.39 is 0 Å². The number of amides is 1. The number of rotatable bonds is 4. The van der Waals surface area contributed by atoms with Crippen LogP contribution in [0.25, 0.3) is 4.96 Å². The summed E-state index contributed by atoms with van der Waals surface area (Å²) >= 11 is 1.36. The number of benzene rings is 1. The lowest BCUT2D eigenvalue weighted by atomic mass is 10.1. The van der Waals surface area contributed by atoms with Crippen molar-refractivity contribution in [3.63, 3.8) is 0 Å². The van der Waals surface area contributed by atoms with Crippen molar-refractivity contribution >= 4 is 27.9 Å². The van der Waals surface area contributed by atoms with Crippen molar-refractivity contribution in [2.45, 2.75) is 6.54 Å². The Balaban J connectivity index is 1.47. The number of aromatic nitrogens is 2. The van der Waals surface area contributed by atoms with Crippen LogP contribution in [-0.4, -0.2) is 53.5 Å². The molecule has 0 spiro atoms. The summed E-state index contributed by atoms with van der Waals surface area (Å²) in [6.07, 6.45) is 3.00. The van der Waals surface area contributed by atoms with Crippen LogP contribution >= 0.6 is 11.3 Å². The van der Waals surface area contributed by atoms with E-state index in [1.807, 2.05) is 12.1 Å². The number of morpholine rings is 1. The molecule has 27 heavy (non-hydrogen) atoms. The van der Waals surface area contributed by atoms with Gasteiger partial charge in [-0.05, 0) is 17.7 Å². The molecule has 1 fully saturated rings. The highest BCUT2D eigenvalue weighted by Gasteiger charge is 2.18. The van der Waals surface area contributed by atoms with Gasteiger partial charge in [-0.3, -0.25) is 14.0 Å². The van der Waals surface area contributed by atoms with E-state index in [0.717, 1.165) is 37.6 Å². The third-order valence-corrected chi connectivity index (χ3v) is 5.42. The Hall–Kier alpha value is -2.71. The monoisotopic (exact) mass is 384 g/mol. The number of anilines is 1. The van der Waals surface area contributed by atoms with E-state index in [-0.39, 0.29) is 17.0 Å². The predicted octanol–water partition coefficient (Wildman–Crippen LogP) is 1.86. The lowest BCUT2D eigenvalue weighted by Gasteiger charge is -2.29. The van der Waals surface area contributed by atoms with Gasteiger partial charge in [-0.1, -0.05) is 12.1 Å². The summed E-state index contributed by atoms with van der Waals surface area (Å²) in [6, 6.07) is 8.16. The zero-order valence-corrected chi connectivity index (χ0v) is 15.8. The van der Waals surface area contributed by atoms with Gasteiger partial charge in [-0.15, -0.1) is 11.3 Å². The first-order chi connectivity index (χ1) is 13.1. The number of hydrogen-bond donors (Lipinski definition) is 0. The number of ether oxygens (including phenoxy) is 1. The first kappa shape index (κ1) is 17.7. The quantitative estimate of drug-likeness (QED) is 0.687. The fourth-order valence-corrected chi connectivity index (χ4v) is 3.83. The van der Waals surface area contributed by atoms with Crippen molar-refractivity contribution < 1.29 is 9.53 Å². The molecule has 0 bridgehead atoms. The number of fused-ring (bicyclic) bond motifs is 1. The normalized spacial score (nSPS) is 14.5. The first-order valence-electron chi connectivity index (χ1n) is 8.75. The molecule has 1 aromatic carbocycles. The maximum absolute atomic E-state index is 12.7. The van der Waals surface area contributed by atoms with Crippen molar-refractivity contribution in [1.82, 2.24) is 14.3 Å². The minimum atomic E-state index is -0.333. The molecule has 0 radical (unpaired) electrons. The molecule has 0 saturated carbocycles. The number of carbonyl (C=O) groups is 1. The second-order valence-corrected chi connectivity index (χ2v) is 7.33. The molecule has 1 amide bonds.